The van der Waals surface area contributed by atoms with E-state index in [0.717, 1.165) is 25.7 Å². The van der Waals surface area contributed by atoms with Crippen molar-refractivity contribution in [3.05, 3.63) is 144 Å². The third kappa shape index (κ3) is 7.24. The van der Waals surface area contributed by atoms with Crippen LogP contribution in [-0.4, -0.2) is 22.2 Å². The molecule has 0 amide bonds. The Morgan fingerprint density at radius 1 is 0.543 bits per heavy atom. The molecule has 2 heterocycles. The Labute approximate surface area is 281 Å². The summed E-state index contributed by atoms with van der Waals surface area (Å²) in [5.74, 6) is -1.86. The van der Waals surface area contributed by atoms with Crippen molar-refractivity contribution in [2.24, 2.45) is 17.3 Å². The van der Waals surface area contributed by atoms with Gasteiger partial charge in [-0.3, -0.25) is 9.59 Å². The molecule has 0 saturated carbocycles. The lowest BCUT2D eigenvalue weighted by molar-refractivity contribution is -0.161. The molecule has 4 unspecified atom stereocenters. The van der Waals surface area contributed by atoms with Crippen LogP contribution in [0.3, 0.4) is 0 Å². The first-order chi connectivity index (χ1) is 22.4. The lowest BCUT2D eigenvalue weighted by Gasteiger charge is -2.51. The van der Waals surface area contributed by atoms with Crippen molar-refractivity contribution < 1.29 is 19.8 Å². The summed E-state index contributed by atoms with van der Waals surface area (Å²) >= 11 is 3.90. The number of carbonyl (C=O) groups is 2. The van der Waals surface area contributed by atoms with Gasteiger partial charge in [0.1, 0.15) is 0 Å². The maximum atomic E-state index is 14.1. The number of carboxylic acid groups (broad SMARTS) is 2. The highest BCUT2D eigenvalue weighted by Crippen LogP contribution is 2.64. The van der Waals surface area contributed by atoms with Gasteiger partial charge in [-0.2, -0.15) is 0 Å². The Morgan fingerprint density at radius 3 is 1.11 bits per heavy atom. The van der Waals surface area contributed by atoms with Gasteiger partial charge in [0, 0.05) is 27.4 Å². The quantitative estimate of drug-likeness (QED) is 0.168. The molecule has 4 nitrogen and oxygen atoms in total. The molecule has 2 N–H and O–H groups in total. The van der Waals surface area contributed by atoms with Crippen LogP contribution in [0.15, 0.2) is 121 Å². The van der Waals surface area contributed by atoms with Gasteiger partial charge in [-0.25, -0.2) is 0 Å². The molecule has 238 valence electrons. The fourth-order valence-electron chi connectivity index (χ4n) is 7.95. The van der Waals surface area contributed by atoms with E-state index in [1.54, 1.807) is 0 Å². The van der Waals surface area contributed by atoms with Crippen molar-refractivity contribution in [2.45, 2.75) is 65.9 Å². The lowest BCUT2D eigenvalue weighted by Crippen LogP contribution is -2.48. The summed E-state index contributed by atoms with van der Waals surface area (Å²) in [6, 6.07) is 42.1. The van der Waals surface area contributed by atoms with Gasteiger partial charge in [0.05, 0.1) is 5.41 Å². The van der Waals surface area contributed by atoms with Gasteiger partial charge in [-0.05, 0) is 72.6 Å². The predicted octanol–water partition coefficient (Wildman–Crippen LogP) is 10.6. The van der Waals surface area contributed by atoms with E-state index in [1.165, 1.54) is 22.3 Å². The van der Waals surface area contributed by atoms with E-state index >= 15 is 0 Å². The summed E-state index contributed by atoms with van der Waals surface area (Å²) in [4.78, 5) is 25.9. The van der Waals surface area contributed by atoms with E-state index in [0.29, 0.717) is 12.8 Å². The Hall–Kier alpha value is -3.48. The molecule has 4 atom stereocenters. The fraction of sp³-hybridized carbons (Fsp3) is 0.350. The van der Waals surface area contributed by atoms with Gasteiger partial charge in [-0.1, -0.05) is 121 Å². The normalized spacial score (nSPS) is 26.1. The Kier molecular flexibility index (Phi) is 10.6. The minimum atomic E-state index is -1.06. The summed E-state index contributed by atoms with van der Waals surface area (Å²) in [7, 11) is 0. The van der Waals surface area contributed by atoms with Crippen LogP contribution in [-0.2, 0) is 9.59 Å². The van der Waals surface area contributed by atoms with Crippen molar-refractivity contribution in [1.29, 1.82) is 0 Å². The Balaban J connectivity index is 1.45. The third-order valence-corrected chi connectivity index (χ3v) is 13.3. The molecule has 6 heteroatoms. The van der Waals surface area contributed by atoms with Crippen molar-refractivity contribution in [3.8, 4) is 0 Å². The van der Waals surface area contributed by atoms with Gasteiger partial charge >= 0.3 is 11.9 Å². The molecule has 4 aromatic carbocycles. The van der Waals surface area contributed by atoms with Gasteiger partial charge in [0.25, 0.3) is 0 Å². The van der Waals surface area contributed by atoms with Gasteiger partial charge < -0.3 is 10.2 Å². The van der Waals surface area contributed by atoms with E-state index in [1.807, 2.05) is 47.8 Å². The van der Waals surface area contributed by atoms with Crippen molar-refractivity contribution in [1.82, 2.24) is 0 Å². The summed E-state index contributed by atoms with van der Waals surface area (Å²) < 4.78 is 0. The summed E-state index contributed by atoms with van der Waals surface area (Å²) in [6.45, 7) is 0. The Bertz CT molecular complexity index is 1370. The van der Waals surface area contributed by atoms with E-state index in [9.17, 15) is 19.8 Å². The maximum absolute atomic E-state index is 14.1. The van der Waals surface area contributed by atoms with E-state index in [2.05, 4.69) is 97.1 Å². The SMILES string of the molecule is O=C(O)CCCC(C(=O)O)(C1CC(c2ccccc2)SC(c2ccccc2)C1)C1CC(c2ccccc2)SC(c2ccccc2)C1. The first kappa shape index (κ1) is 32.5. The molecular weight excluding hydrogens is 609 g/mol. The van der Waals surface area contributed by atoms with Crippen LogP contribution in [0, 0.1) is 17.3 Å². The minimum Gasteiger partial charge on any atom is -0.481 e. The van der Waals surface area contributed by atoms with Crippen LogP contribution < -0.4 is 0 Å². The zero-order chi connectivity index (χ0) is 31.9. The summed E-state index contributed by atoms with van der Waals surface area (Å²) in [5.41, 5.74) is 3.85. The predicted molar refractivity (Wildman–Crippen MR) is 189 cm³/mol. The number of hydrogen-bond acceptors (Lipinski definition) is 4. The maximum Gasteiger partial charge on any atom is 0.310 e. The highest BCUT2D eigenvalue weighted by Gasteiger charge is 2.55. The lowest BCUT2D eigenvalue weighted by atomic mass is 9.58. The molecule has 2 aliphatic heterocycles. The molecule has 2 fully saturated rings. The highest BCUT2D eigenvalue weighted by molar-refractivity contribution is 8.00. The number of benzene rings is 4. The topological polar surface area (TPSA) is 74.6 Å². The average molecular weight is 651 g/mol. The second kappa shape index (κ2) is 15.0. The number of aliphatic carboxylic acids is 2. The Morgan fingerprint density at radius 2 is 0.848 bits per heavy atom. The van der Waals surface area contributed by atoms with Crippen LogP contribution in [0.1, 0.15) is 88.2 Å². The van der Waals surface area contributed by atoms with Crippen LogP contribution in [0.25, 0.3) is 0 Å². The number of carboxylic acids is 2. The van der Waals surface area contributed by atoms with Gasteiger partial charge in [0.15, 0.2) is 0 Å². The molecule has 2 aliphatic rings. The molecule has 2 saturated heterocycles. The fourth-order valence-corrected chi connectivity index (χ4v) is 11.4. The van der Waals surface area contributed by atoms with Crippen molar-refractivity contribution >= 4 is 35.5 Å². The molecule has 4 aromatic rings. The molecule has 0 radical (unpaired) electrons. The van der Waals surface area contributed by atoms with Gasteiger partial charge in [0.2, 0.25) is 0 Å². The van der Waals surface area contributed by atoms with Crippen LogP contribution in [0.5, 0.6) is 0 Å². The number of thioether (sulfide) groups is 2. The molecule has 0 bridgehead atoms. The molecule has 0 aliphatic carbocycles. The zero-order valence-corrected chi connectivity index (χ0v) is 27.6. The summed E-state index contributed by atoms with van der Waals surface area (Å²) in [5, 5.41) is 21.8. The van der Waals surface area contributed by atoms with E-state index < -0.39 is 17.4 Å². The van der Waals surface area contributed by atoms with Crippen LogP contribution >= 0.6 is 23.5 Å². The largest absolute Gasteiger partial charge is 0.481 e. The molecule has 6 rings (SSSR count). The monoisotopic (exact) mass is 650 g/mol. The molecular formula is C40H42O4S2. The summed E-state index contributed by atoms with van der Waals surface area (Å²) in [6.07, 6.45) is 3.73. The van der Waals surface area contributed by atoms with E-state index in [4.69, 9.17) is 0 Å². The van der Waals surface area contributed by atoms with Crippen molar-refractivity contribution in [2.75, 3.05) is 0 Å². The number of rotatable bonds is 11. The third-order valence-electron chi connectivity index (χ3n) is 10.2. The second-order valence-electron chi connectivity index (χ2n) is 12.8. The van der Waals surface area contributed by atoms with Crippen molar-refractivity contribution in [3.63, 3.8) is 0 Å². The molecule has 0 aromatic heterocycles. The minimum absolute atomic E-state index is 0.0214. The second-order valence-corrected chi connectivity index (χ2v) is 15.6. The standard InChI is InChI=1S/C40H42O4S2/c41-38(42)22-13-23-40(39(43)44,32-24-34(28-14-5-1-6-15-28)45-35(25-32)29-16-7-2-8-17-29)33-26-36(30-18-9-3-10-19-30)46-37(27-33)31-20-11-4-12-21-31/h1-12,14-21,32-37H,13,22-27H2,(H,41,42)(H,43,44). The molecule has 0 spiro atoms. The smallest absolute Gasteiger partial charge is 0.310 e. The number of hydrogen-bond donors (Lipinski definition) is 2. The van der Waals surface area contributed by atoms with E-state index in [-0.39, 0.29) is 39.3 Å². The molecule has 46 heavy (non-hydrogen) atoms. The highest BCUT2D eigenvalue weighted by atomic mass is 32.2. The van der Waals surface area contributed by atoms with Crippen LogP contribution in [0.2, 0.25) is 0 Å². The zero-order valence-electron chi connectivity index (χ0n) is 26.0. The first-order valence-electron chi connectivity index (χ1n) is 16.4. The first-order valence-corrected chi connectivity index (χ1v) is 18.3. The van der Waals surface area contributed by atoms with Gasteiger partial charge in [-0.15, -0.1) is 23.5 Å². The average Bonchev–Trinajstić information content (AvgIpc) is 3.11. The van der Waals surface area contributed by atoms with Crippen LogP contribution in [0.4, 0.5) is 0 Å².